The van der Waals surface area contributed by atoms with Gasteiger partial charge in [-0.15, -0.1) is 0 Å². The van der Waals surface area contributed by atoms with Crippen molar-refractivity contribution in [3.8, 4) is 0 Å². The summed E-state index contributed by atoms with van der Waals surface area (Å²) in [7, 11) is 0. The van der Waals surface area contributed by atoms with E-state index in [9.17, 15) is 19.2 Å². The Bertz CT molecular complexity index is 1440. The van der Waals surface area contributed by atoms with E-state index < -0.39 is 35.6 Å². The molecule has 3 aromatic rings. The molecular formula is C28H29Cl2N5O5. The van der Waals surface area contributed by atoms with E-state index in [1.165, 1.54) is 23.2 Å². The number of pyridine rings is 1. The van der Waals surface area contributed by atoms with Crippen molar-refractivity contribution >= 4 is 57.9 Å². The predicted molar refractivity (Wildman–Crippen MR) is 151 cm³/mol. The number of hydrogen-bond donors (Lipinski definition) is 3. The van der Waals surface area contributed by atoms with Gasteiger partial charge in [-0.3, -0.25) is 35.1 Å². The molecule has 1 fully saturated rings. The summed E-state index contributed by atoms with van der Waals surface area (Å²) in [5.74, 6) is -1.49. The highest BCUT2D eigenvalue weighted by Crippen LogP contribution is 2.23. The molecule has 2 heterocycles. The van der Waals surface area contributed by atoms with Crippen LogP contribution in [0, 0.1) is 0 Å². The third-order valence-electron chi connectivity index (χ3n) is 6.16. The highest BCUT2D eigenvalue weighted by atomic mass is 35.5. The molecule has 10 nitrogen and oxygen atoms in total. The molecule has 0 aliphatic carbocycles. The van der Waals surface area contributed by atoms with Gasteiger partial charge in [0.2, 0.25) is 0 Å². The number of amides is 4. The number of hydrogen-bond acceptors (Lipinski definition) is 6. The van der Waals surface area contributed by atoms with Crippen LogP contribution in [0.4, 0.5) is 4.79 Å². The monoisotopic (exact) mass is 585 g/mol. The zero-order chi connectivity index (χ0) is 29.0. The number of likely N-dealkylation sites (tertiary alicyclic amines) is 1. The Kier molecular flexibility index (Phi) is 8.80. The van der Waals surface area contributed by atoms with Gasteiger partial charge in [-0.2, -0.15) is 0 Å². The number of hydrazine groups is 1. The van der Waals surface area contributed by atoms with E-state index in [-0.39, 0.29) is 18.9 Å². The van der Waals surface area contributed by atoms with Gasteiger partial charge in [0.25, 0.3) is 17.7 Å². The van der Waals surface area contributed by atoms with Gasteiger partial charge in [0.05, 0.1) is 11.1 Å². The summed E-state index contributed by atoms with van der Waals surface area (Å²) in [6, 6.07) is 11.7. The summed E-state index contributed by atoms with van der Waals surface area (Å²) >= 11 is 11.9. The van der Waals surface area contributed by atoms with Gasteiger partial charge < -0.3 is 10.1 Å². The van der Waals surface area contributed by atoms with Crippen LogP contribution in [0.25, 0.3) is 10.9 Å². The first-order valence-electron chi connectivity index (χ1n) is 12.6. The average molecular weight is 586 g/mol. The summed E-state index contributed by atoms with van der Waals surface area (Å²) in [4.78, 5) is 57.2. The molecule has 2 aromatic carbocycles. The Balaban J connectivity index is 1.44. The number of aromatic nitrogens is 1. The number of halogens is 2. The predicted octanol–water partition coefficient (Wildman–Crippen LogP) is 4.50. The highest BCUT2D eigenvalue weighted by molar-refractivity contribution is 6.31. The Morgan fingerprint density at radius 2 is 1.60 bits per heavy atom. The lowest BCUT2D eigenvalue weighted by Crippen LogP contribution is -2.60. The fourth-order valence-electron chi connectivity index (χ4n) is 4.25. The molecule has 1 saturated heterocycles. The van der Waals surface area contributed by atoms with Crippen LogP contribution in [0.1, 0.15) is 54.3 Å². The third kappa shape index (κ3) is 7.40. The minimum atomic E-state index is -0.930. The van der Waals surface area contributed by atoms with E-state index in [4.69, 9.17) is 27.9 Å². The largest absolute Gasteiger partial charge is 0.444 e. The van der Waals surface area contributed by atoms with Gasteiger partial charge in [0, 0.05) is 39.8 Å². The fraction of sp³-hybridized carbons (Fsp3) is 0.321. The molecule has 1 aliphatic rings. The molecule has 0 radical (unpaired) electrons. The lowest BCUT2D eigenvalue weighted by molar-refractivity contribution is -0.128. The van der Waals surface area contributed by atoms with Gasteiger partial charge >= 0.3 is 6.09 Å². The molecule has 210 valence electrons. The van der Waals surface area contributed by atoms with Crippen LogP contribution in [0.5, 0.6) is 0 Å². The molecule has 4 rings (SSSR count). The second kappa shape index (κ2) is 12.1. The van der Waals surface area contributed by atoms with Gasteiger partial charge in [0.1, 0.15) is 11.6 Å². The summed E-state index contributed by atoms with van der Waals surface area (Å²) in [6.45, 7) is 5.18. The van der Waals surface area contributed by atoms with Crippen molar-refractivity contribution in [2.24, 2.45) is 0 Å². The number of carbonyl (C=O) groups is 4. The molecule has 3 N–H and O–H groups in total. The van der Waals surface area contributed by atoms with E-state index >= 15 is 0 Å². The van der Waals surface area contributed by atoms with E-state index in [0.717, 1.165) is 5.39 Å². The molecule has 2 atom stereocenters. The van der Waals surface area contributed by atoms with Crippen molar-refractivity contribution in [1.82, 2.24) is 26.1 Å². The fourth-order valence-corrected chi connectivity index (χ4v) is 4.54. The van der Waals surface area contributed by atoms with Gasteiger partial charge in [0.15, 0.2) is 0 Å². The number of piperidine rings is 1. The number of nitrogens with zero attached hydrogens (tertiary/aromatic N) is 2. The first-order chi connectivity index (χ1) is 18.9. The van der Waals surface area contributed by atoms with E-state index in [1.54, 1.807) is 57.2 Å². The van der Waals surface area contributed by atoms with Crippen LogP contribution < -0.4 is 16.2 Å². The molecule has 1 aliphatic heterocycles. The Morgan fingerprint density at radius 3 is 2.30 bits per heavy atom. The van der Waals surface area contributed by atoms with Crippen molar-refractivity contribution in [3.63, 3.8) is 0 Å². The van der Waals surface area contributed by atoms with Crippen LogP contribution in [0.15, 0.2) is 54.7 Å². The molecule has 0 unspecified atom stereocenters. The zero-order valence-corrected chi connectivity index (χ0v) is 23.7. The maximum atomic E-state index is 13.1. The number of benzene rings is 2. The second-order valence-corrected chi connectivity index (χ2v) is 11.3. The van der Waals surface area contributed by atoms with Gasteiger partial charge in [-0.25, -0.2) is 4.79 Å². The Hall–Kier alpha value is -3.89. The average Bonchev–Trinajstić information content (AvgIpc) is 2.90. The molecule has 1 aromatic heterocycles. The molecule has 0 spiro atoms. The lowest BCUT2D eigenvalue weighted by atomic mass is 9.97. The van der Waals surface area contributed by atoms with Gasteiger partial charge in [-0.1, -0.05) is 29.3 Å². The summed E-state index contributed by atoms with van der Waals surface area (Å²) in [5.41, 5.74) is 5.25. The first-order valence-corrected chi connectivity index (χ1v) is 13.4. The van der Waals surface area contributed by atoms with Crippen molar-refractivity contribution in [3.05, 3.63) is 75.9 Å². The van der Waals surface area contributed by atoms with Crippen LogP contribution in [0.2, 0.25) is 10.0 Å². The Morgan fingerprint density at radius 1 is 0.900 bits per heavy atom. The van der Waals surface area contributed by atoms with E-state index in [2.05, 4.69) is 21.2 Å². The number of carbonyl (C=O) groups excluding carboxylic acids is 4. The smallest absolute Gasteiger partial charge is 0.411 e. The number of nitrogens with one attached hydrogen (secondary N) is 3. The Labute approximate surface area is 241 Å². The molecule has 4 amide bonds. The topological polar surface area (TPSA) is 130 Å². The third-order valence-corrected chi connectivity index (χ3v) is 6.65. The van der Waals surface area contributed by atoms with Crippen molar-refractivity contribution in [2.75, 3.05) is 6.54 Å². The molecule has 40 heavy (non-hydrogen) atoms. The summed E-state index contributed by atoms with van der Waals surface area (Å²) in [5, 5.41) is 4.70. The number of rotatable bonds is 4. The molecular weight excluding hydrogens is 557 g/mol. The SMILES string of the molecule is CC(C)(C)OC(=O)N1C[C@@H](NC(=O)c2cnc3cc(Cl)ccc3c2)CC[C@@H]1C(=O)NNC(=O)c1ccc(Cl)cc1. The lowest BCUT2D eigenvalue weighted by Gasteiger charge is -2.39. The van der Waals surface area contributed by atoms with Crippen molar-refractivity contribution < 1.29 is 23.9 Å². The van der Waals surface area contributed by atoms with E-state index in [1.807, 2.05) is 0 Å². The number of ether oxygens (including phenoxy) is 1. The van der Waals surface area contributed by atoms with Gasteiger partial charge in [-0.05, 0) is 76.1 Å². The number of fused-ring (bicyclic) bond motifs is 1. The summed E-state index contributed by atoms with van der Waals surface area (Å²) < 4.78 is 5.53. The normalized spacial score (nSPS) is 17.2. The molecule has 12 heteroatoms. The minimum Gasteiger partial charge on any atom is -0.444 e. The second-order valence-electron chi connectivity index (χ2n) is 10.4. The van der Waals surface area contributed by atoms with Crippen LogP contribution in [-0.2, 0) is 9.53 Å². The first kappa shape index (κ1) is 29.1. The maximum Gasteiger partial charge on any atom is 0.411 e. The molecule has 0 bridgehead atoms. The zero-order valence-electron chi connectivity index (χ0n) is 22.2. The van der Waals surface area contributed by atoms with Crippen LogP contribution in [0.3, 0.4) is 0 Å². The standard InChI is InChI=1S/C28H29Cl2N5O5/c1-28(2,3)40-27(39)35-15-21(32-24(36)18-12-17-6-9-20(30)13-22(17)31-14-18)10-11-23(35)26(38)34-33-25(37)16-4-7-19(29)8-5-16/h4-9,12-14,21,23H,10-11,15H2,1-3H3,(H,32,36)(H,33,37)(H,34,38)/t21-,23+/m0/s1. The minimum absolute atomic E-state index is 0.0283. The van der Waals surface area contributed by atoms with Crippen LogP contribution >= 0.6 is 23.2 Å². The maximum absolute atomic E-state index is 13.1. The summed E-state index contributed by atoms with van der Waals surface area (Å²) in [6.07, 6.45) is 1.38. The highest BCUT2D eigenvalue weighted by Gasteiger charge is 2.39. The van der Waals surface area contributed by atoms with Crippen LogP contribution in [-0.4, -0.2) is 57.9 Å². The van der Waals surface area contributed by atoms with E-state index in [0.29, 0.717) is 33.1 Å². The quantitative estimate of drug-likeness (QED) is 0.386. The van der Waals surface area contributed by atoms with Crippen molar-refractivity contribution in [2.45, 2.75) is 51.3 Å². The van der Waals surface area contributed by atoms with Crippen molar-refractivity contribution in [1.29, 1.82) is 0 Å². The molecule has 0 saturated carbocycles.